The van der Waals surface area contributed by atoms with E-state index in [0.717, 1.165) is 16.5 Å². The molecule has 0 unspecified atom stereocenters. The fourth-order valence-corrected chi connectivity index (χ4v) is 2.00. The molecule has 0 spiro atoms. The zero-order chi connectivity index (χ0) is 13.4. The molecule has 2 N–H and O–H groups in total. The van der Waals surface area contributed by atoms with Crippen molar-refractivity contribution in [2.24, 2.45) is 0 Å². The lowest BCUT2D eigenvalue weighted by molar-refractivity contribution is 0.0653. The fraction of sp³-hybridized carbons (Fsp3) is 0.143. The van der Waals surface area contributed by atoms with Crippen LogP contribution in [0.1, 0.15) is 31.8 Å². The highest BCUT2D eigenvalue weighted by atomic mass is 16.4. The van der Waals surface area contributed by atoms with Crippen molar-refractivity contribution in [2.75, 3.05) is 0 Å². The lowest BCUT2D eigenvalue weighted by atomic mass is 9.95. The van der Waals surface area contributed by atoms with Crippen LogP contribution in [0.4, 0.5) is 0 Å². The van der Waals surface area contributed by atoms with Gasteiger partial charge in [0.1, 0.15) is 0 Å². The Hall–Kier alpha value is -2.36. The molecule has 0 fully saturated rings. The van der Waals surface area contributed by atoms with Gasteiger partial charge >= 0.3 is 11.9 Å². The van der Waals surface area contributed by atoms with Gasteiger partial charge in [0.05, 0.1) is 11.1 Å². The van der Waals surface area contributed by atoms with E-state index in [4.69, 9.17) is 5.11 Å². The zero-order valence-electron chi connectivity index (χ0n) is 10.0. The highest BCUT2D eigenvalue weighted by molar-refractivity contribution is 6.12. The zero-order valence-corrected chi connectivity index (χ0v) is 10.0. The number of hydrogen-bond acceptors (Lipinski definition) is 2. The van der Waals surface area contributed by atoms with Crippen molar-refractivity contribution in [3.05, 3.63) is 46.5 Å². The molecule has 4 heteroatoms. The number of hydrogen-bond donors (Lipinski definition) is 2. The summed E-state index contributed by atoms with van der Waals surface area (Å²) in [6.45, 7) is 3.80. The molecule has 0 aliphatic carbocycles. The summed E-state index contributed by atoms with van der Waals surface area (Å²) >= 11 is 0. The number of benzene rings is 2. The minimum absolute atomic E-state index is 0.150. The van der Waals surface area contributed by atoms with Gasteiger partial charge in [-0.1, -0.05) is 18.2 Å². The van der Waals surface area contributed by atoms with Crippen LogP contribution in [-0.2, 0) is 0 Å². The predicted octanol–water partition coefficient (Wildman–Crippen LogP) is 2.85. The first kappa shape index (κ1) is 12.1. The normalized spacial score (nSPS) is 10.6. The Kier molecular flexibility index (Phi) is 2.79. The number of aryl methyl sites for hydroxylation is 2. The summed E-state index contributed by atoms with van der Waals surface area (Å²) in [6.07, 6.45) is 0. The lowest BCUT2D eigenvalue weighted by Gasteiger charge is -2.09. The maximum atomic E-state index is 11.3. The molecular weight excluding hydrogens is 232 g/mol. The molecule has 0 saturated carbocycles. The molecule has 0 bridgehead atoms. The van der Waals surface area contributed by atoms with Crippen molar-refractivity contribution in [1.82, 2.24) is 0 Å². The third-order valence-electron chi connectivity index (χ3n) is 3.08. The Labute approximate surface area is 103 Å². The van der Waals surface area contributed by atoms with Gasteiger partial charge in [0.25, 0.3) is 0 Å². The Morgan fingerprint density at radius 1 is 0.944 bits per heavy atom. The van der Waals surface area contributed by atoms with Crippen molar-refractivity contribution in [2.45, 2.75) is 13.8 Å². The Morgan fingerprint density at radius 2 is 1.56 bits per heavy atom. The van der Waals surface area contributed by atoms with E-state index in [2.05, 4.69) is 0 Å². The number of fused-ring (bicyclic) bond motifs is 1. The van der Waals surface area contributed by atoms with Crippen molar-refractivity contribution in [3.63, 3.8) is 0 Å². The molecule has 0 aromatic heterocycles. The van der Waals surface area contributed by atoms with Crippen LogP contribution in [0.3, 0.4) is 0 Å². The van der Waals surface area contributed by atoms with E-state index < -0.39 is 11.9 Å². The van der Waals surface area contributed by atoms with Crippen LogP contribution in [0.5, 0.6) is 0 Å². The molecule has 0 aliphatic heterocycles. The Bertz CT molecular complexity index is 671. The highest BCUT2D eigenvalue weighted by Gasteiger charge is 2.19. The summed E-state index contributed by atoms with van der Waals surface area (Å²) in [5.74, 6) is -2.45. The van der Waals surface area contributed by atoms with E-state index in [1.54, 1.807) is 12.1 Å². The van der Waals surface area contributed by atoms with Crippen LogP contribution in [0, 0.1) is 13.8 Å². The quantitative estimate of drug-likeness (QED) is 0.851. The molecule has 0 aliphatic rings. The van der Waals surface area contributed by atoms with Crippen LogP contribution in [0.25, 0.3) is 10.8 Å². The molecule has 0 radical (unpaired) electrons. The second-order valence-corrected chi connectivity index (χ2v) is 4.26. The van der Waals surface area contributed by atoms with Crippen molar-refractivity contribution in [1.29, 1.82) is 0 Å². The molecule has 0 heterocycles. The van der Waals surface area contributed by atoms with Crippen LogP contribution in [-0.4, -0.2) is 22.2 Å². The molecule has 18 heavy (non-hydrogen) atoms. The average molecular weight is 244 g/mol. The SMILES string of the molecule is Cc1cc2ccc(C(=O)O)c(C(=O)O)c2cc1C. The van der Waals surface area contributed by atoms with Gasteiger partial charge in [0.2, 0.25) is 0 Å². The molecule has 0 saturated heterocycles. The van der Waals surface area contributed by atoms with E-state index in [9.17, 15) is 14.7 Å². The second kappa shape index (κ2) is 4.14. The van der Waals surface area contributed by atoms with E-state index in [1.165, 1.54) is 6.07 Å². The lowest BCUT2D eigenvalue weighted by Crippen LogP contribution is -2.08. The topological polar surface area (TPSA) is 74.6 Å². The van der Waals surface area contributed by atoms with Gasteiger partial charge in [-0.15, -0.1) is 0 Å². The molecule has 2 rings (SSSR count). The van der Waals surface area contributed by atoms with Crippen molar-refractivity contribution >= 4 is 22.7 Å². The van der Waals surface area contributed by atoms with Crippen molar-refractivity contribution in [3.8, 4) is 0 Å². The minimum atomic E-state index is -1.23. The molecule has 92 valence electrons. The number of rotatable bonds is 2. The first-order valence-electron chi connectivity index (χ1n) is 5.42. The summed E-state index contributed by atoms with van der Waals surface area (Å²) in [7, 11) is 0. The van der Waals surface area contributed by atoms with Gasteiger partial charge in [0, 0.05) is 0 Å². The van der Waals surface area contributed by atoms with Crippen LogP contribution in [0.2, 0.25) is 0 Å². The van der Waals surface area contributed by atoms with Gasteiger partial charge < -0.3 is 10.2 Å². The van der Waals surface area contributed by atoms with Gasteiger partial charge in [0.15, 0.2) is 0 Å². The van der Waals surface area contributed by atoms with E-state index in [0.29, 0.717) is 5.39 Å². The summed E-state index contributed by atoms with van der Waals surface area (Å²) in [5, 5.41) is 19.4. The third kappa shape index (κ3) is 1.82. The monoisotopic (exact) mass is 244 g/mol. The van der Waals surface area contributed by atoms with E-state index in [-0.39, 0.29) is 11.1 Å². The molecule has 2 aromatic carbocycles. The summed E-state index contributed by atoms with van der Waals surface area (Å²) in [5.41, 5.74) is 1.65. The van der Waals surface area contributed by atoms with Crippen LogP contribution >= 0.6 is 0 Å². The number of carboxylic acid groups (broad SMARTS) is 2. The van der Waals surface area contributed by atoms with Gasteiger partial charge in [-0.2, -0.15) is 0 Å². The van der Waals surface area contributed by atoms with Gasteiger partial charge in [-0.3, -0.25) is 0 Å². The first-order chi connectivity index (χ1) is 8.41. The molecule has 0 atom stereocenters. The smallest absolute Gasteiger partial charge is 0.337 e. The summed E-state index contributed by atoms with van der Waals surface area (Å²) in [4.78, 5) is 22.3. The fourth-order valence-electron chi connectivity index (χ4n) is 2.00. The van der Waals surface area contributed by atoms with E-state index >= 15 is 0 Å². The van der Waals surface area contributed by atoms with E-state index in [1.807, 2.05) is 19.9 Å². The molecular formula is C14H12O4. The van der Waals surface area contributed by atoms with Gasteiger partial charge in [-0.05, 0) is 41.8 Å². The van der Waals surface area contributed by atoms with Crippen molar-refractivity contribution < 1.29 is 19.8 Å². The van der Waals surface area contributed by atoms with Gasteiger partial charge in [-0.25, -0.2) is 9.59 Å². The Balaban J connectivity index is 2.94. The number of aromatic carboxylic acids is 2. The molecule has 2 aromatic rings. The second-order valence-electron chi connectivity index (χ2n) is 4.26. The maximum Gasteiger partial charge on any atom is 0.337 e. The van der Waals surface area contributed by atoms with Crippen LogP contribution in [0.15, 0.2) is 24.3 Å². The largest absolute Gasteiger partial charge is 0.478 e. The molecule has 4 nitrogen and oxygen atoms in total. The number of carbonyl (C=O) groups is 2. The molecule has 0 amide bonds. The first-order valence-corrected chi connectivity index (χ1v) is 5.42. The average Bonchev–Trinajstić information content (AvgIpc) is 2.28. The number of carboxylic acids is 2. The predicted molar refractivity (Wildman–Crippen MR) is 67.3 cm³/mol. The van der Waals surface area contributed by atoms with Crippen LogP contribution < -0.4 is 0 Å². The Morgan fingerprint density at radius 3 is 2.11 bits per heavy atom. The summed E-state index contributed by atoms with van der Waals surface area (Å²) in [6, 6.07) is 6.56. The third-order valence-corrected chi connectivity index (χ3v) is 3.08. The standard InChI is InChI=1S/C14H12O4/c1-7-5-9-3-4-10(13(15)16)12(14(17)18)11(9)6-8(7)2/h3-6H,1-2H3,(H,15,16)(H,17,18). The highest BCUT2D eigenvalue weighted by Crippen LogP contribution is 2.26. The summed E-state index contributed by atoms with van der Waals surface area (Å²) < 4.78 is 0. The maximum absolute atomic E-state index is 11.3. The minimum Gasteiger partial charge on any atom is -0.478 e.